The average Bonchev–Trinajstić information content (AvgIpc) is 3.30. The minimum Gasteiger partial charge on any atom is -0.354 e. The highest BCUT2D eigenvalue weighted by Gasteiger charge is 2.25. The van der Waals surface area contributed by atoms with Crippen LogP contribution in [0.3, 0.4) is 0 Å². The maximum Gasteiger partial charge on any atom is 0.142 e. The van der Waals surface area contributed by atoms with Crippen molar-refractivity contribution in [3.63, 3.8) is 0 Å². The smallest absolute Gasteiger partial charge is 0.142 e. The molecule has 4 aromatic rings. The van der Waals surface area contributed by atoms with Gasteiger partial charge in [0.2, 0.25) is 0 Å². The highest BCUT2D eigenvalue weighted by atomic mass is 32.1. The Morgan fingerprint density at radius 2 is 1.82 bits per heavy atom. The van der Waals surface area contributed by atoms with Gasteiger partial charge in [0.25, 0.3) is 0 Å². The van der Waals surface area contributed by atoms with Crippen LogP contribution in [0.4, 0.5) is 5.82 Å². The summed E-state index contributed by atoms with van der Waals surface area (Å²) in [5.41, 5.74) is 2.68. The van der Waals surface area contributed by atoms with E-state index in [1.54, 1.807) is 17.5 Å². The van der Waals surface area contributed by atoms with Crippen molar-refractivity contribution in [2.24, 2.45) is 0 Å². The molecule has 28 heavy (non-hydrogen) atoms. The molecule has 0 aliphatic heterocycles. The number of thiophene rings is 1. The number of rotatable bonds is 2. The van der Waals surface area contributed by atoms with E-state index >= 15 is 0 Å². The molecule has 0 amide bonds. The van der Waals surface area contributed by atoms with Crippen molar-refractivity contribution in [1.29, 1.82) is 0 Å². The van der Waals surface area contributed by atoms with E-state index in [1.807, 2.05) is 36.4 Å². The van der Waals surface area contributed by atoms with Crippen LogP contribution in [0.15, 0.2) is 60.9 Å². The van der Waals surface area contributed by atoms with Gasteiger partial charge in [0.15, 0.2) is 0 Å². The Labute approximate surface area is 169 Å². The third-order valence-corrected chi connectivity index (χ3v) is 5.65. The lowest BCUT2D eigenvalue weighted by Gasteiger charge is -2.34. The molecule has 0 radical (unpaired) electrons. The van der Waals surface area contributed by atoms with Gasteiger partial charge in [-0.25, -0.2) is 9.97 Å². The predicted octanol–water partition coefficient (Wildman–Crippen LogP) is 5.09. The quantitative estimate of drug-likeness (QED) is 0.450. The molecule has 0 unspecified atom stereocenters. The van der Waals surface area contributed by atoms with E-state index in [9.17, 15) is 0 Å². The maximum atomic E-state index is 4.92. The summed E-state index contributed by atoms with van der Waals surface area (Å²) in [6.07, 6.45) is 3.83. The number of imidazole rings is 1. The molecule has 0 fully saturated rings. The van der Waals surface area contributed by atoms with Gasteiger partial charge in [0.05, 0.1) is 9.75 Å². The average molecular weight is 387 g/mol. The summed E-state index contributed by atoms with van der Waals surface area (Å²) < 4.78 is 2.15. The Kier molecular flexibility index (Phi) is 4.66. The van der Waals surface area contributed by atoms with Crippen LogP contribution in [-0.2, 0) is 0 Å². The normalized spacial score (nSPS) is 11.3. The van der Waals surface area contributed by atoms with E-state index in [2.05, 4.69) is 72.3 Å². The van der Waals surface area contributed by atoms with Crippen molar-refractivity contribution in [3.8, 4) is 22.4 Å². The Balaban J connectivity index is 1.78. The molecule has 0 spiro atoms. The highest BCUT2D eigenvalue weighted by Crippen LogP contribution is 2.37. The van der Waals surface area contributed by atoms with Gasteiger partial charge in [-0.2, -0.15) is 0 Å². The van der Waals surface area contributed by atoms with E-state index in [0.29, 0.717) is 0 Å². The SMILES string of the molecule is CN(c1c(-c2ccc(C#Cc3ccccn3)s2)nc2ccccn12)C(C)(C)C. The first-order chi connectivity index (χ1) is 13.4. The molecule has 4 aromatic heterocycles. The third kappa shape index (κ3) is 3.51. The van der Waals surface area contributed by atoms with E-state index in [-0.39, 0.29) is 5.54 Å². The van der Waals surface area contributed by atoms with Gasteiger partial charge in [-0.05, 0) is 69.0 Å². The van der Waals surface area contributed by atoms with E-state index in [4.69, 9.17) is 4.98 Å². The zero-order chi connectivity index (χ0) is 19.7. The molecular formula is C23H22N4S. The molecule has 0 saturated carbocycles. The van der Waals surface area contributed by atoms with E-state index in [1.165, 1.54) is 0 Å². The van der Waals surface area contributed by atoms with Gasteiger partial charge in [0, 0.05) is 25.0 Å². The summed E-state index contributed by atoms with van der Waals surface area (Å²) in [4.78, 5) is 13.6. The van der Waals surface area contributed by atoms with Crippen molar-refractivity contribution >= 4 is 22.8 Å². The fraction of sp³-hybridized carbons (Fsp3) is 0.217. The zero-order valence-electron chi connectivity index (χ0n) is 16.5. The van der Waals surface area contributed by atoms with Crippen LogP contribution in [-0.4, -0.2) is 27.0 Å². The van der Waals surface area contributed by atoms with Crippen LogP contribution >= 0.6 is 11.3 Å². The van der Waals surface area contributed by atoms with Crippen molar-refractivity contribution in [2.75, 3.05) is 11.9 Å². The van der Waals surface area contributed by atoms with Crippen LogP contribution in [0.25, 0.3) is 16.2 Å². The van der Waals surface area contributed by atoms with Crippen molar-refractivity contribution in [2.45, 2.75) is 26.3 Å². The maximum absolute atomic E-state index is 4.92. The Morgan fingerprint density at radius 3 is 2.57 bits per heavy atom. The number of fused-ring (bicyclic) bond motifs is 1. The summed E-state index contributed by atoms with van der Waals surface area (Å²) in [5, 5.41) is 0. The molecule has 5 heteroatoms. The molecule has 0 aromatic carbocycles. The lowest BCUT2D eigenvalue weighted by Crippen LogP contribution is -2.39. The predicted molar refractivity (Wildman–Crippen MR) is 117 cm³/mol. The summed E-state index contributed by atoms with van der Waals surface area (Å²) in [6.45, 7) is 6.62. The van der Waals surface area contributed by atoms with E-state index < -0.39 is 0 Å². The van der Waals surface area contributed by atoms with Gasteiger partial charge < -0.3 is 4.90 Å². The summed E-state index contributed by atoms with van der Waals surface area (Å²) >= 11 is 1.66. The lowest BCUT2D eigenvalue weighted by molar-refractivity contribution is 0.533. The molecule has 0 aliphatic rings. The first kappa shape index (κ1) is 18.3. The Morgan fingerprint density at radius 1 is 1.00 bits per heavy atom. The Bertz CT molecular complexity index is 1170. The van der Waals surface area contributed by atoms with Crippen LogP contribution in [0.2, 0.25) is 0 Å². The summed E-state index contributed by atoms with van der Waals surface area (Å²) in [7, 11) is 2.12. The number of hydrogen-bond donors (Lipinski definition) is 0. The van der Waals surface area contributed by atoms with Crippen molar-refractivity contribution in [1.82, 2.24) is 14.4 Å². The van der Waals surface area contributed by atoms with Crippen LogP contribution in [0, 0.1) is 11.8 Å². The molecule has 0 aliphatic carbocycles. The zero-order valence-corrected chi connectivity index (χ0v) is 17.3. The van der Waals surface area contributed by atoms with Gasteiger partial charge >= 0.3 is 0 Å². The topological polar surface area (TPSA) is 33.4 Å². The Hall–Kier alpha value is -3.10. The molecule has 4 heterocycles. The standard InChI is InChI=1S/C23H22N4S/c1-23(2,3)26(4)22-21(25-20-10-6-8-16-27(20)22)19-14-13-18(28-19)12-11-17-9-5-7-15-24-17/h5-10,13-16H,1-4H3. The number of hydrogen-bond acceptors (Lipinski definition) is 4. The van der Waals surface area contributed by atoms with Crippen LogP contribution in [0.1, 0.15) is 31.3 Å². The fourth-order valence-corrected chi connectivity index (χ4v) is 3.73. The van der Waals surface area contributed by atoms with E-state index in [0.717, 1.165) is 32.6 Å². The molecule has 4 rings (SSSR count). The first-order valence-electron chi connectivity index (χ1n) is 9.18. The molecule has 4 nitrogen and oxygen atoms in total. The highest BCUT2D eigenvalue weighted by molar-refractivity contribution is 7.16. The summed E-state index contributed by atoms with van der Waals surface area (Å²) in [5.74, 6) is 7.44. The van der Waals surface area contributed by atoms with Crippen molar-refractivity contribution in [3.05, 3.63) is 71.5 Å². The lowest BCUT2D eigenvalue weighted by atomic mass is 10.1. The van der Waals surface area contributed by atoms with Gasteiger partial charge in [-0.15, -0.1) is 11.3 Å². The third-order valence-electron chi connectivity index (χ3n) is 4.65. The van der Waals surface area contributed by atoms with Gasteiger partial charge in [-0.3, -0.25) is 4.40 Å². The van der Waals surface area contributed by atoms with Gasteiger partial charge in [0.1, 0.15) is 22.9 Å². The largest absolute Gasteiger partial charge is 0.354 e. The minimum atomic E-state index is -0.0283. The second-order valence-electron chi connectivity index (χ2n) is 7.57. The molecule has 140 valence electrons. The molecule has 0 atom stereocenters. The first-order valence-corrected chi connectivity index (χ1v) is 9.99. The molecule has 0 N–H and O–H groups in total. The molecule has 0 saturated heterocycles. The van der Waals surface area contributed by atoms with Crippen LogP contribution in [0.5, 0.6) is 0 Å². The number of nitrogens with zero attached hydrogens (tertiary/aromatic N) is 4. The number of pyridine rings is 2. The molecule has 0 bridgehead atoms. The minimum absolute atomic E-state index is 0.0283. The van der Waals surface area contributed by atoms with Crippen LogP contribution < -0.4 is 4.90 Å². The fourth-order valence-electron chi connectivity index (χ4n) is 2.88. The monoisotopic (exact) mass is 386 g/mol. The molecular weight excluding hydrogens is 364 g/mol. The second kappa shape index (κ2) is 7.14. The van der Waals surface area contributed by atoms with Crippen molar-refractivity contribution < 1.29 is 0 Å². The number of aromatic nitrogens is 3. The van der Waals surface area contributed by atoms with Gasteiger partial charge in [-0.1, -0.05) is 12.1 Å². The summed E-state index contributed by atoms with van der Waals surface area (Å²) in [6, 6.07) is 16.0. The number of anilines is 1. The second-order valence-corrected chi connectivity index (χ2v) is 8.66.